The van der Waals surface area contributed by atoms with Gasteiger partial charge in [0.15, 0.2) is 0 Å². The van der Waals surface area contributed by atoms with Gasteiger partial charge in [-0.2, -0.15) is 0 Å². The van der Waals surface area contributed by atoms with Gasteiger partial charge < -0.3 is 14.6 Å². The highest BCUT2D eigenvalue weighted by atomic mass is 32.1. The van der Waals surface area contributed by atoms with Crippen LogP contribution in [0.3, 0.4) is 0 Å². The largest absolute Gasteiger partial charge is 0.495 e. The molecule has 0 saturated heterocycles. The SMILES string of the molecule is COc1c(C(=O)NCCCn2ccnc2C)sc2c1CCCC2. The van der Waals surface area contributed by atoms with Crippen molar-refractivity contribution in [3.8, 4) is 5.75 Å². The molecule has 23 heavy (non-hydrogen) atoms. The van der Waals surface area contributed by atoms with Crippen LogP contribution in [0.15, 0.2) is 12.4 Å². The molecule has 0 saturated carbocycles. The third-order valence-electron chi connectivity index (χ3n) is 4.32. The van der Waals surface area contributed by atoms with Crippen molar-refractivity contribution in [3.63, 3.8) is 0 Å². The molecule has 2 aromatic heterocycles. The fourth-order valence-electron chi connectivity index (χ4n) is 3.07. The van der Waals surface area contributed by atoms with E-state index in [0.29, 0.717) is 6.54 Å². The maximum atomic E-state index is 12.5. The van der Waals surface area contributed by atoms with E-state index < -0.39 is 0 Å². The van der Waals surface area contributed by atoms with Crippen LogP contribution < -0.4 is 10.1 Å². The standard InChI is InChI=1S/C17H23N3O2S/c1-12-18-9-11-20(12)10-5-8-19-17(21)16-15(22-2)13-6-3-4-7-14(13)23-16/h9,11H,3-8,10H2,1-2H3,(H,19,21). The third kappa shape index (κ3) is 3.42. The summed E-state index contributed by atoms with van der Waals surface area (Å²) in [5, 5.41) is 3.02. The normalized spacial score (nSPS) is 13.7. The number of aryl methyl sites for hydroxylation is 3. The number of carbonyl (C=O) groups is 1. The predicted octanol–water partition coefficient (Wildman–Crippen LogP) is 2.96. The van der Waals surface area contributed by atoms with Crippen LogP contribution in [0.4, 0.5) is 0 Å². The number of methoxy groups -OCH3 is 1. The Morgan fingerprint density at radius 2 is 2.26 bits per heavy atom. The molecule has 6 heteroatoms. The number of rotatable bonds is 6. The zero-order chi connectivity index (χ0) is 16.2. The summed E-state index contributed by atoms with van der Waals surface area (Å²) in [7, 11) is 1.66. The Morgan fingerprint density at radius 1 is 1.43 bits per heavy atom. The number of aromatic nitrogens is 2. The minimum Gasteiger partial charge on any atom is -0.495 e. The molecular weight excluding hydrogens is 310 g/mol. The Hall–Kier alpha value is -1.82. The van der Waals surface area contributed by atoms with Gasteiger partial charge in [-0.1, -0.05) is 0 Å². The number of nitrogens with zero attached hydrogens (tertiary/aromatic N) is 2. The lowest BCUT2D eigenvalue weighted by Gasteiger charge is -2.11. The molecule has 0 unspecified atom stereocenters. The van der Waals surface area contributed by atoms with E-state index in [4.69, 9.17) is 4.74 Å². The molecule has 0 bridgehead atoms. The van der Waals surface area contributed by atoms with E-state index in [1.54, 1.807) is 24.6 Å². The van der Waals surface area contributed by atoms with Crippen LogP contribution in [-0.2, 0) is 19.4 Å². The van der Waals surface area contributed by atoms with E-state index in [-0.39, 0.29) is 5.91 Å². The molecule has 1 aliphatic rings. The molecule has 1 N–H and O–H groups in total. The Morgan fingerprint density at radius 3 is 3.00 bits per heavy atom. The van der Waals surface area contributed by atoms with Crippen molar-refractivity contribution < 1.29 is 9.53 Å². The Labute approximate surface area is 140 Å². The van der Waals surface area contributed by atoms with Crippen molar-refractivity contribution in [2.75, 3.05) is 13.7 Å². The van der Waals surface area contributed by atoms with Crippen molar-refractivity contribution in [3.05, 3.63) is 33.5 Å². The van der Waals surface area contributed by atoms with Gasteiger partial charge in [-0.05, 0) is 39.0 Å². The lowest BCUT2D eigenvalue weighted by atomic mass is 9.98. The highest BCUT2D eigenvalue weighted by molar-refractivity contribution is 7.14. The van der Waals surface area contributed by atoms with Crippen molar-refractivity contribution in [1.29, 1.82) is 0 Å². The number of nitrogens with one attached hydrogen (secondary N) is 1. The van der Waals surface area contributed by atoms with Crippen molar-refractivity contribution in [2.45, 2.75) is 45.6 Å². The summed E-state index contributed by atoms with van der Waals surface area (Å²) in [6, 6.07) is 0. The van der Waals surface area contributed by atoms with E-state index in [1.807, 2.05) is 13.1 Å². The number of hydrogen-bond donors (Lipinski definition) is 1. The summed E-state index contributed by atoms with van der Waals surface area (Å²) in [5.41, 5.74) is 1.25. The molecule has 124 valence electrons. The highest BCUT2D eigenvalue weighted by Gasteiger charge is 2.25. The quantitative estimate of drug-likeness (QED) is 0.827. The highest BCUT2D eigenvalue weighted by Crippen LogP contribution is 2.39. The summed E-state index contributed by atoms with van der Waals surface area (Å²) < 4.78 is 7.62. The molecule has 2 heterocycles. The van der Waals surface area contributed by atoms with E-state index >= 15 is 0 Å². The van der Waals surface area contributed by atoms with Crippen LogP contribution in [0.1, 0.15) is 45.2 Å². The number of amides is 1. The van der Waals surface area contributed by atoms with E-state index in [9.17, 15) is 4.79 Å². The zero-order valence-electron chi connectivity index (χ0n) is 13.7. The van der Waals surface area contributed by atoms with Crippen molar-refractivity contribution in [2.24, 2.45) is 0 Å². The molecule has 0 fully saturated rings. The van der Waals surface area contributed by atoms with Gasteiger partial charge >= 0.3 is 0 Å². The van der Waals surface area contributed by atoms with Crippen LogP contribution in [0.2, 0.25) is 0 Å². The van der Waals surface area contributed by atoms with Gasteiger partial charge in [0.1, 0.15) is 16.5 Å². The third-order valence-corrected chi connectivity index (χ3v) is 5.59. The van der Waals surface area contributed by atoms with Gasteiger partial charge in [0, 0.05) is 35.9 Å². The minimum absolute atomic E-state index is 0.0106. The molecular formula is C17H23N3O2S. The summed E-state index contributed by atoms with van der Waals surface area (Å²) in [6.07, 6.45) is 9.15. The first-order valence-corrected chi connectivity index (χ1v) is 8.97. The Kier molecular flexibility index (Phi) is 5.00. The van der Waals surface area contributed by atoms with Crippen LogP contribution in [0.25, 0.3) is 0 Å². The maximum absolute atomic E-state index is 12.5. The number of carbonyl (C=O) groups excluding carboxylic acids is 1. The van der Waals surface area contributed by atoms with Gasteiger partial charge in [0.05, 0.1) is 7.11 Å². The molecule has 1 amide bonds. The molecule has 0 aromatic carbocycles. The second kappa shape index (κ2) is 7.17. The van der Waals surface area contributed by atoms with Gasteiger partial charge in [-0.3, -0.25) is 4.79 Å². The molecule has 1 aliphatic carbocycles. The Balaban J connectivity index is 1.58. The fourth-order valence-corrected chi connectivity index (χ4v) is 4.35. The van der Waals surface area contributed by atoms with Crippen molar-refractivity contribution in [1.82, 2.24) is 14.9 Å². The predicted molar refractivity (Wildman–Crippen MR) is 91.4 cm³/mol. The average molecular weight is 333 g/mol. The number of imidazole rings is 1. The van der Waals surface area contributed by atoms with Crippen LogP contribution in [0.5, 0.6) is 5.75 Å². The second-order valence-corrected chi connectivity index (χ2v) is 6.96. The molecule has 2 aromatic rings. The van der Waals surface area contributed by atoms with Gasteiger partial charge in [-0.15, -0.1) is 11.3 Å². The summed E-state index contributed by atoms with van der Waals surface area (Å²) >= 11 is 1.60. The lowest BCUT2D eigenvalue weighted by Crippen LogP contribution is -2.25. The number of thiophene rings is 1. The zero-order valence-corrected chi connectivity index (χ0v) is 14.5. The second-order valence-electron chi connectivity index (χ2n) is 5.85. The Bertz CT molecular complexity index is 690. The van der Waals surface area contributed by atoms with Gasteiger partial charge in [-0.25, -0.2) is 4.98 Å². The van der Waals surface area contributed by atoms with Crippen LogP contribution >= 0.6 is 11.3 Å². The van der Waals surface area contributed by atoms with Crippen LogP contribution in [0, 0.1) is 6.92 Å². The summed E-state index contributed by atoms with van der Waals surface area (Å²) in [4.78, 5) is 18.7. The lowest BCUT2D eigenvalue weighted by molar-refractivity contribution is 0.0954. The minimum atomic E-state index is -0.0106. The molecule has 5 nitrogen and oxygen atoms in total. The fraction of sp³-hybridized carbons (Fsp3) is 0.529. The van der Waals surface area contributed by atoms with E-state index in [0.717, 1.165) is 42.3 Å². The maximum Gasteiger partial charge on any atom is 0.265 e. The van der Waals surface area contributed by atoms with Gasteiger partial charge in [0.2, 0.25) is 0 Å². The number of hydrogen-bond acceptors (Lipinski definition) is 4. The smallest absolute Gasteiger partial charge is 0.265 e. The first kappa shape index (κ1) is 16.1. The van der Waals surface area contributed by atoms with Crippen molar-refractivity contribution >= 4 is 17.2 Å². The first-order chi connectivity index (χ1) is 11.2. The monoisotopic (exact) mass is 333 g/mol. The first-order valence-electron chi connectivity index (χ1n) is 8.15. The van der Waals surface area contributed by atoms with Crippen LogP contribution in [-0.4, -0.2) is 29.1 Å². The molecule has 0 radical (unpaired) electrons. The molecule has 3 rings (SSSR count). The number of ether oxygens (including phenoxy) is 1. The van der Waals surface area contributed by atoms with E-state index in [1.165, 1.54) is 23.3 Å². The van der Waals surface area contributed by atoms with Gasteiger partial charge in [0.25, 0.3) is 5.91 Å². The summed E-state index contributed by atoms with van der Waals surface area (Å²) in [5.74, 6) is 1.79. The topological polar surface area (TPSA) is 56.1 Å². The molecule has 0 spiro atoms. The van der Waals surface area contributed by atoms with E-state index in [2.05, 4.69) is 14.9 Å². The molecule has 0 atom stereocenters. The average Bonchev–Trinajstić information content (AvgIpc) is 3.14. The molecule has 0 aliphatic heterocycles. The summed E-state index contributed by atoms with van der Waals surface area (Å²) in [6.45, 7) is 3.51. The number of fused-ring (bicyclic) bond motifs is 1.